The van der Waals surface area contributed by atoms with E-state index >= 15 is 0 Å². The zero-order chi connectivity index (χ0) is 15.0. The van der Waals surface area contributed by atoms with Crippen LogP contribution in [0.4, 0.5) is 4.79 Å². The molecule has 0 rings (SSSR count). The van der Waals surface area contributed by atoms with Crippen molar-refractivity contribution in [3.05, 3.63) is 0 Å². The third-order valence-electron chi connectivity index (χ3n) is 2.58. The number of carbonyl (C=O) groups excluding carboxylic acids is 2. The van der Waals surface area contributed by atoms with Gasteiger partial charge in [0.2, 0.25) is 0 Å². The SMILES string of the molecule is COCC(C)N(C)C(=O)N[C@@H](CC(=O)OC)C(=O)O. The molecule has 2 amide bonds. The molecule has 0 saturated heterocycles. The molecule has 8 heteroatoms. The van der Waals surface area contributed by atoms with Gasteiger partial charge in [-0.05, 0) is 6.92 Å². The van der Waals surface area contributed by atoms with Crippen molar-refractivity contribution in [2.24, 2.45) is 0 Å². The summed E-state index contributed by atoms with van der Waals surface area (Å²) >= 11 is 0. The normalized spacial score (nSPS) is 13.3. The summed E-state index contributed by atoms with van der Waals surface area (Å²) in [7, 11) is 4.16. The van der Waals surface area contributed by atoms with Crippen molar-refractivity contribution in [3.63, 3.8) is 0 Å². The highest BCUT2D eigenvalue weighted by Gasteiger charge is 2.26. The summed E-state index contributed by atoms with van der Waals surface area (Å²) in [6.07, 6.45) is -0.427. The largest absolute Gasteiger partial charge is 0.480 e. The Morgan fingerprint density at radius 1 is 1.32 bits per heavy atom. The van der Waals surface area contributed by atoms with Gasteiger partial charge in [0, 0.05) is 14.2 Å². The first-order valence-corrected chi connectivity index (χ1v) is 5.65. The topological polar surface area (TPSA) is 105 Å². The summed E-state index contributed by atoms with van der Waals surface area (Å²) in [6.45, 7) is 2.07. The van der Waals surface area contributed by atoms with Gasteiger partial charge in [0.15, 0.2) is 0 Å². The highest BCUT2D eigenvalue weighted by molar-refractivity contribution is 5.86. The predicted molar refractivity (Wildman–Crippen MR) is 65.7 cm³/mol. The van der Waals surface area contributed by atoms with E-state index < -0.39 is 30.4 Å². The van der Waals surface area contributed by atoms with Gasteiger partial charge in [-0.2, -0.15) is 0 Å². The molecule has 0 aliphatic rings. The Hall–Kier alpha value is -1.83. The molecule has 0 fully saturated rings. The Balaban J connectivity index is 4.54. The first-order chi connectivity index (χ1) is 8.83. The van der Waals surface area contributed by atoms with Crippen LogP contribution >= 0.6 is 0 Å². The second-order valence-corrected chi connectivity index (χ2v) is 4.04. The van der Waals surface area contributed by atoms with Crippen molar-refractivity contribution >= 4 is 18.0 Å². The lowest BCUT2D eigenvalue weighted by atomic mass is 10.2. The Morgan fingerprint density at radius 3 is 2.32 bits per heavy atom. The number of rotatable bonds is 7. The van der Waals surface area contributed by atoms with Crippen molar-refractivity contribution in [2.45, 2.75) is 25.4 Å². The Bertz CT molecular complexity index is 333. The minimum atomic E-state index is -1.32. The van der Waals surface area contributed by atoms with Gasteiger partial charge in [-0.25, -0.2) is 9.59 Å². The van der Waals surface area contributed by atoms with Crippen molar-refractivity contribution in [3.8, 4) is 0 Å². The molecule has 0 aliphatic heterocycles. The van der Waals surface area contributed by atoms with Crippen LogP contribution < -0.4 is 5.32 Å². The van der Waals surface area contributed by atoms with Crippen LogP contribution in [-0.2, 0) is 19.1 Å². The number of esters is 1. The van der Waals surface area contributed by atoms with Gasteiger partial charge >= 0.3 is 18.0 Å². The molecule has 0 aromatic rings. The standard InChI is InChI=1S/C11H20N2O6/c1-7(6-18-3)13(2)11(17)12-8(10(15)16)5-9(14)19-4/h7-8H,5-6H2,1-4H3,(H,12,17)(H,15,16)/t7?,8-/m0/s1. The second-order valence-electron chi connectivity index (χ2n) is 4.04. The molecule has 19 heavy (non-hydrogen) atoms. The molecule has 0 aromatic heterocycles. The van der Waals surface area contributed by atoms with Gasteiger partial charge in [-0.3, -0.25) is 4.79 Å². The van der Waals surface area contributed by atoms with E-state index in [0.717, 1.165) is 7.11 Å². The van der Waals surface area contributed by atoms with E-state index in [1.54, 1.807) is 6.92 Å². The van der Waals surface area contributed by atoms with Crippen molar-refractivity contribution in [2.75, 3.05) is 27.9 Å². The fourth-order valence-corrected chi connectivity index (χ4v) is 1.25. The predicted octanol–water partition coefficient (Wildman–Crippen LogP) is -0.321. The minimum Gasteiger partial charge on any atom is -0.480 e. The van der Waals surface area contributed by atoms with Crippen LogP contribution in [0.3, 0.4) is 0 Å². The molecule has 0 saturated carbocycles. The fourth-order valence-electron chi connectivity index (χ4n) is 1.25. The van der Waals surface area contributed by atoms with Crippen molar-refractivity contribution in [1.82, 2.24) is 10.2 Å². The molecule has 1 unspecified atom stereocenters. The summed E-state index contributed by atoms with van der Waals surface area (Å²) < 4.78 is 9.27. The molecule has 0 radical (unpaired) electrons. The number of carbonyl (C=O) groups is 3. The number of amides is 2. The number of urea groups is 1. The maximum absolute atomic E-state index is 11.8. The summed E-state index contributed by atoms with van der Waals surface area (Å²) in [6, 6.07) is -2.14. The van der Waals surface area contributed by atoms with Crippen molar-refractivity contribution in [1.29, 1.82) is 0 Å². The van der Waals surface area contributed by atoms with E-state index in [9.17, 15) is 14.4 Å². The number of carboxylic acid groups (broad SMARTS) is 1. The number of methoxy groups -OCH3 is 2. The number of hydrogen-bond donors (Lipinski definition) is 2. The first-order valence-electron chi connectivity index (χ1n) is 5.65. The molecule has 0 bridgehead atoms. The van der Waals surface area contributed by atoms with Gasteiger partial charge in [0.25, 0.3) is 0 Å². The maximum atomic E-state index is 11.8. The summed E-state index contributed by atoms with van der Waals surface area (Å²) in [5, 5.41) is 11.2. The highest BCUT2D eigenvalue weighted by Crippen LogP contribution is 2.00. The average Bonchev–Trinajstić information content (AvgIpc) is 2.36. The molecule has 0 aliphatic carbocycles. The number of likely N-dealkylation sites (N-methyl/N-ethyl adjacent to an activating group) is 1. The van der Waals surface area contributed by atoms with Gasteiger partial charge < -0.3 is 24.8 Å². The van der Waals surface area contributed by atoms with Crippen LogP contribution in [0, 0.1) is 0 Å². The molecule has 0 aromatic carbocycles. The Morgan fingerprint density at radius 2 is 1.89 bits per heavy atom. The van der Waals surface area contributed by atoms with E-state index in [0.29, 0.717) is 6.61 Å². The van der Waals surface area contributed by atoms with Crippen LogP contribution in [-0.4, -0.2) is 67.9 Å². The molecule has 0 heterocycles. The number of hydrogen-bond acceptors (Lipinski definition) is 5. The van der Waals surface area contributed by atoms with Gasteiger partial charge in [-0.15, -0.1) is 0 Å². The number of carboxylic acids is 1. The Labute approximate surface area is 111 Å². The lowest BCUT2D eigenvalue weighted by Crippen LogP contribution is -2.50. The highest BCUT2D eigenvalue weighted by atomic mass is 16.5. The number of nitrogens with one attached hydrogen (secondary N) is 1. The zero-order valence-electron chi connectivity index (χ0n) is 11.5. The third kappa shape index (κ3) is 6.05. The van der Waals surface area contributed by atoms with Crippen LogP contribution in [0.2, 0.25) is 0 Å². The average molecular weight is 276 g/mol. The van der Waals surface area contributed by atoms with Crippen LogP contribution in [0.25, 0.3) is 0 Å². The maximum Gasteiger partial charge on any atom is 0.326 e. The minimum absolute atomic E-state index is 0.224. The van der Waals surface area contributed by atoms with E-state index in [1.807, 2.05) is 0 Å². The number of aliphatic carboxylic acids is 1. The van der Waals surface area contributed by atoms with E-state index in [1.165, 1.54) is 19.1 Å². The molecule has 0 spiro atoms. The zero-order valence-corrected chi connectivity index (χ0v) is 11.5. The van der Waals surface area contributed by atoms with Gasteiger partial charge in [0.1, 0.15) is 6.04 Å². The monoisotopic (exact) mass is 276 g/mol. The molecular formula is C11H20N2O6. The number of ether oxygens (including phenoxy) is 2. The fraction of sp³-hybridized carbons (Fsp3) is 0.727. The van der Waals surface area contributed by atoms with E-state index in [-0.39, 0.29) is 6.04 Å². The molecular weight excluding hydrogens is 256 g/mol. The Kier molecular flexibility index (Phi) is 7.50. The summed E-state index contributed by atoms with van der Waals surface area (Å²) in [5.41, 5.74) is 0. The van der Waals surface area contributed by atoms with E-state index in [4.69, 9.17) is 9.84 Å². The smallest absolute Gasteiger partial charge is 0.326 e. The molecule has 110 valence electrons. The lowest BCUT2D eigenvalue weighted by molar-refractivity contribution is -0.147. The van der Waals surface area contributed by atoms with Crippen molar-refractivity contribution < 1.29 is 29.0 Å². The van der Waals surface area contributed by atoms with Crippen LogP contribution in [0.15, 0.2) is 0 Å². The second kappa shape index (κ2) is 8.30. The molecule has 2 atom stereocenters. The lowest BCUT2D eigenvalue weighted by Gasteiger charge is -2.26. The third-order valence-corrected chi connectivity index (χ3v) is 2.58. The van der Waals surface area contributed by atoms with Gasteiger partial charge in [0.05, 0.1) is 26.2 Å². The molecule has 8 nitrogen and oxygen atoms in total. The van der Waals surface area contributed by atoms with Crippen LogP contribution in [0.1, 0.15) is 13.3 Å². The molecule has 2 N–H and O–H groups in total. The summed E-state index contributed by atoms with van der Waals surface area (Å²) in [4.78, 5) is 35.1. The summed E-state index contributed by atoms with van der Waals surface area (Å²) in [5.74, 6) is -2.01. The quantitative estimate of drug-likeness (QED) is 0.617. The van der Waals surface area contributed by atoms with E-state index in [2.05, 4.69) is 10.1 Å². The first kappa shape index (κ1) is 17.2. The van der Waals surface area contributed by atoms with Gasteiger partial charge in [-0.1, -0.05) is 0 Å². The van der Waals surface area contributed by atoms with Crippen LogP contribution in [0.5, 0.6) is 0 Å². The number of nitrogens with zero attached hydrogens (tertiary/aromatic N) is 1.